The maximum atomic E-state index is 12.9. The number of ether oxygens (including phenoxy) is 1. The van der Waals surface area contributed by atoms with Gasteiger partial charge in [0.25, 0.3) is 0 Å². The van der Waals surface area contributed by atoms with Gasteiger partial charge in [0, 0.05) is 13.1 Å². The first-order chi connectivity index (χ1) is 13.8. The molecule has 156 valence electrons. The van der Waals surface area contributed by atoms with Crippen LogP contribution in [0, 0.1) is 11.7 Å². The minimum Gasteiger partial charge on any atom is -0.461 e. The first kappa shape index (κ1) is 21.5. The van der Waals surface area contributed by atoms with E-state index in [4.69, 9.17) is 4.74 Å². The van der Waals surface area contributed by atoms with Crippen molar-refractivity contribution in [2.24, 2.45) is 5.92 Å². The summed E-state index contributed by atoms with van der Waals surface area (Å²) >= 11 is 0. The molecule has 0 N–H and O–H groups in total. The van der Waals surface area contributed by atoms with Crippen LogP contribution in [0.15, 0.2) is 53.4 Å². The van der Waals surface area contributed by atoms with E-state index in [-0.39, 0.29) is 42.3 Å². The lowest BCUT2D eigenvalue weighted by atomic mass is 9.98. The first-order valence-corrected chi connectivity index (χ1v) is 11.2. The minimum absolute atomic E-state index is 0.0832. The van der Waals surface area contributed by atoms with Crippen LogP contribution >= 0.6 is 0 Å². The maximum absolute atomic E-state index is 12.9. The zero-order valence-electron chi connectivity index (χ0n) is 16.7. The van der Waals surface area contributed by atoms with E-state index in [1.54, 1.807) is 24.3 Å². The summed E-state index contributed by atoms with van der Waals surface area (Å²) in [7, 11) is -3.57. The van der Waals surface area contributed by atoms with Gasteiger partial charge < -0.3 is 4.74 Å². The first-order valence-electron chi connectivity index (χ1n) is 9.78. The second-order valence-electron chi connectivity index (χ2n) is 7.64. The van der Waals surface area contributed by atoms with Gasteiger partial charge in [-0.05, 0) is 54.2 Å². The molecule has 3 rings (SSSR count). The number of benzene rings is 2. The number of piperidine rings is 1. The second-order valence-corrected chi connectivity index (χ2v) is 9.57. The quantitative estimate of drug-likeness (QED) is 0.662. The molecule has 1 saturated heterocycles. The van der Waals surface area contributed by atoms with Gasteiger partial charge >= 0.3 is 5.97 Å². The SMILES string of the molecule is CC(C)c1ccc(S(=O)(=O)N2CCC(C(=O)OCc3ccc(F)cc3)CC2)cc1. The average Bonchev–Trinajstić information content (AvgIpc) is 2.73. The largest absolute Gasteiger partial charge is 0.461 e. The number of nitrogens with zero attached hydrogens (tertiary/aromatic N) is 1. The Kier molecular flexibility index (Phi) is 6.70. The van der Waals surface area contributed by atoms with Gasteiger partial charge in [-0.1, -0.05) is 38.1 Å². The standard InChI is InChI=1S/C22H26FNO4S/c1-16(2)18-5-9-21(10-6-18)29(26,27)24-13-11-19(12-14-24)22(25)28-15-17-3-7-20(23)8-4-17/h3-10,16,19H,11-15H2,1-2H3. The highest BCUT2D eigenvalue weighted by atomic mass is 32.2. The van der Waals surface area contributed by atoms with Crippen LogP contribution in [0.2, 0.25) is 0 Å². The maximum Gasteiger partial charge on any atom is 0.309 e. The van der Waals surface area contributed by atoms with Gasteiger partial charge in [0.1, 0.15) is 12.4 Å². The molecule has 0 bridgehead atoms. The van der Waals surface area contributed by atoms with Crippen LogP contribution in [0.3, 0.4) is 0 Å². The Bertz CT molecular complexity index is 932. The van der Waals surface area contributed by atoms with Crippen molar-refractivity contribution in [1.82, 2.24) is 4.31 Å². The lowest BCUT2D eigenvalue weighted by molar-refractivity contribution is -0.151. The molecule has 0 aliphatic carbocycles. The lowest BCUT2D eigenvalue weighted by Gasteiger charge is -2.30. The van der Waals surface area contributed by atoms with Gasteiger partial charge in [0.15, 0.2) is 0 Å². The predicted molar refractivity (Wildman–Crippen MR) is 108 cm³/mol. The second kappa shape index (κ2) is 9.05. The highest BCUT2D eigenvalue weighted by molar-refractivity contribution is 7.89. The fourth-order valence-corrected chi connectivity index (χ4v) is 4.83. The zero-order chi connectivity index (χ0) is 21.0. The van der Waals surface area contributed by atoms with Crippen LogP contribution in [0.4, 0.5) is 4.39 Å². The van der Waals surface area contributed by atoms with Crippen LogP contribution < -0.4 is 0 Å². The number of hydrogen-bond donors (Lipinski definition) is 0. The van der Waals surface area contributed by atoms with E-state index in [1.165, 1.54) is 16.4 Å². The van der Waals surface area contributed by atoms with E-state index >= 15 is 0 Å². The Labute approximate surface area is 171 Å². The van der Waals surface area contributed by atoms with E-state index in [1.807, 2.05) is 12.1 Å². The number of sulfonamides is 1. The van der Waals surface area contributed by atoms with E-state index in [9.17, 15) is 17.6 Å². The van der Waals surface area contributed by atoms with Crippen LogP contribution in [0.25, 0.3) is 0 Å². The Hall–Kier alpha value is -2.25. The molecule has 0 atom stereocenters. The number of carbonyl (C=O) groups excluding carboxylic acids is 1. The Morgan fingerprint density at radius 2 is 1.66 bits per heavy atom. The van der Waals surface area contributed by atoms with Crippen molar-refractivity contribution in [3.63, 3.8) is 0 Å². The molecular weight excluding hydrogens is 393 g/mol. The average molecular weight is 420 g/mol. The molecule has 1 aliphatic rings. The fourth-order valence-electron chi connectivity index (χ4n) is 3.36. The van der Waals surface area contributed by atoms with Crippen LogP contribution in [0.5, 0.6) is 0 Å². The van der Waals surface area contributed by atoms with Crippen LogP contribution in [-0.2, 0) is 26.2 Å². The van der Waals surface area contributed by atoms with Crippen LogP contribution in [0.1, 0.15) is 43.7 Å². The number of esters is 1. The van der Waals surface area contributed by atoms with Crippen molar-refractivity contribution in [2.75, 3.05) is 13.1 Å². The monoisotopic (exact) mass is 419 g/mol. The molecule has 0 aromatic heterocycles. The zero-order valence-corrected chi connectivity index (χ0v) is 17.5. The topological polar surface area (TPSA) is 63.7 Å². The molecule has 1 heterocycles. The number of halogens is 1. The number of hydrogen-bond acceptors (Lipinski definition) is 4. The molecule has 1 aliphatic heterocycles. The molecule has 29 heavy (non-hydrogen) atoms. The summed E-state index contributed by atoms with van der Waals surface area (Å²) in [5, 5.41) is 0. The van der Waals surface area contributed by atoms with E-state index in [0.29, 0.717) is 24.3 Å². The molecule has 0 unspecified atom stereocenters. The van der Waals surface area contributed by atoms with E-state index < -0.39 is 10.0 Å². The summed E-state index contributed by atoms with van der Waals surface area (Å²) in [6.07, 6.45) is 0.844. The number of rotatable bonds is 6. The predicted octanol–water partition coefficient (Wildman–Crippen LogP) is 4.09. The molecule has 0 amide bonds. The molecule has 0 saturated carbocycles. The third-order valence-corrected chi connectivity index (χ3v) is 7.18. The van der Waals surface area contributed by atoms with Crippen molar-refractivity contribution in [2.45, 2.75) is 44.1 Å². The molecule has 0 spiro atoms. The van der Waals surface area contributed by atoms with Gasteiger partial charge in [-0.3, -0.25) is 4.79 Å². The van der Waals surface area contributed by atoms with E-state index in [0.717, 1.165) is 5.56 Å². The number of carbonyl (C=O) groups is 1. The molecule has 2 aromatic carbocycles. The summed E-state index contributed by atoms with van der Waals surface area (Å²) < 4.78 is 45.4. The molecule has 5 nitrogen and oxygen atoms in total. The van der Waals surface area contributed by atoms with Gasteiger partial charge in [-0.2, -0.15) is 4.31 Å². The fraction of sp³-hybridized carbons (Fsp3) is 0.409. The highest BCUT2D eigenvalue weighted by Crippen LogP contribution is 2.26. The lowest BCUT2D eigenvalue weighted by Crippen LogP contribution is -2.40. The molecule has 7 heteroatoms. The summed E-state index contributed by atoms with van der Waals surface area (Å²) in [5.74, 6) is -0.672. The molecule has 1 fully saturated rings. The summed E-state index contributed by atoms with van der Waals surface area (Å²) in [4.78, 5) is 12.6. The highest BCUT2D eigenvalue weighted by Gasteiger charge is 2.32. The summed E-state index contributed by atoms with van der Waals surface area (Å²) in [5.41, 5.74) is 1.80. The smallest absolute Gasteiger partial charge is 0.309 e. The Balaban J connectivity index is 1.54. The third kappa shape index (κ3) is 5.22. The van der Waals surface area contributed by atoms with Crippen molar-refractivity contribution in [1.29, 1.82) is 0 Å². The summed E-state index contributed by atoms with van der Waals surface area (Å²) in [6.45, 7) is 4.77. The van der Waals surface area contributed by atoms with Gasteiger partial charge in [-0.15, -0.1) is 0 Å². The molecule has 0 radical (unpaired) electrons. The minimum atomic E-state index is -3.57. The van der Waals surface area contributed by atoms with Gasteiger partial charge in [0.2, 0.25) is 10.0 Å². The van der Waals surface area contributed by atoms with Crippen molar-refractivity contribution in [3.05, 3.63) is 65.5 Å². The molecular formula is C22H26FNO4S. The Morgan fingerprint density at radius 1 is 1.07 bits per heavy atom. The van der Waals surface area contributed by atoms with Gasteiger partial charge in [-0.25, -0.2) is 12.8 Å². The summed E-state index contributed by atoms with van der Waals surface area (Å²) in [6, 6.07) is 12.8. The molecule has 2 aromatic rings. The van der Waals surface area contributed by atoms with E-state index in [2.05, 4.69) is 13.8 Å². The van der Waals surface area contributed by atoms with Crippen molar-refractivity contribution in [3.8, 4) is 0 Å². The van der Waals surface area contributed by atoms with Crippen molar-refractivity contribution >= 4 is 16.0 Å². The van der Waals surface area contributed by atoms with Crippen molar-refractivity contribution < 1.29 is 22.3 Å². The third-order valence-electron chi connectivity index (χ3n) is 5.27. The normalized spacial score (nSPS) is 16.1. The Morgan fingerprint density at radius 3 is 2.21 bits per heavy atom. The van der Waals surface area contributed by atoms with Crippen LogP contribution in [-0.4, -0.2) is 31.8 Å². The van der Waals surface area contributed by atoms with Gasteiger partial charge in [0.05, 0.1) is 10.8 Å².